The maximum Gasteiger partial charge on any atom is 0.302 e. The van der Waals surface area contributed by atoms with Gasteiger partial charge in [-0.25, -0.2) is 0 Å². The number of carbonyl (C=O) groups excluding carboxylic acids is 1. The van der Waals surface area contributed by atoms with Crippen molar-refractivity contribution in [3.8, 4) is 0 Å². The van der Waals surface area contributed by atoms with Crippen LogP contribution in [0.2, 0.25) is 0 Å². The summed E-state index contributed by atoms with van der Waals surface area (Å²) in [4.78, 5) is 10.3. The molecule has 5 heteroatoms. The summed E-state index contributed by atoms with van der Waals surface area (Å²) in [7, 11) is 0. The molecular formula is C6H10Cl2O3. The first-order chi connectivity index (χ1) is 5.20. The van der Waals surface area contributed by atoms with Gasteiger partial charge in [-0.15, -0.1) is 11.6 Å². The third kappa shape index (κ3) is 6.41. The number of halogens is 2. The second-order valence-electron chi connectivity index (χ2n) is 1.85. The molecule has 0 fully saturated rings. The van der Waals surface area contributed by atoms with Crippen molar-refractivity contribution in [2.24, 2.45) is 0 Å². The van der Waals surface area contributed by atoms with Crippen LogP contribution in [0.5, 0.6) is 0 Å². The predicted octanol–water partition coefficient (Wildman–Crippen LogP) is 1.37. The van der Waals surface area contributed by atoms with E-state index in [9.17, 15) is 4.79 Å². The molecule has 0 saturated heterocycles. The molecule has 0 saturated carbocycles. The number of carbonyl (C=O) groups is 1. The molecule has 0 aliphatic rings. The molecular weight excluding hydrogens is 191 g/mol. The van der Waals surface area contributed by atoms with Gasteiger partial charge < -0.3 is 9.47 Å². The van der Waals surface area contributed by atoms with Gasteiger partial charge in [0.25, 0.3) is 0 Å². The summed E-state index contributed by atoms with van der Waals surface area (Å²) in [6.45, 7) is 1.48. The van der Waals surface area contributed by atoms with E-state index >= 15 is 0 Å². The van der Waals surface area contributed by atoms with Crippen LogP contribution < -0.4 is 0 Å². The highest BCUT2D eigenvalue weighted by Gasteiger charge is 2.08. The van der Waals surface area contributed by atoms with E-state index in [1.165, 1.54) is 6.92 Å². The highest BCUT2D eigenvalue weighted by Crippen LogP contribution is 1.98. The Morgan fingerprint density at radius 2 is 2.18 bits per heavy atom. The van der Waals surface area contributed by atoms with E-state index in [2.05, 4.69) is 4.74 Å². The second kappa shape index (κ2) is 6.70. The van der Waals surface area contributed by atoms with Gasteiger partial charge in [-0.3, -0.25) is 4.79 Å². The third-order valence-electron chi connectivity index (χ3n) is 0.943. The minimum Gasteiger partial charge on any atom is -0.463 e. The van der Waals surface area contributed by atoms with E-state index in [0.717, 1.165) is 0 Å². The van der Waals surface area contributed by atoms with E-state index in [1.807, 2.05) is 0 Å². The summed E-state index contributed by atoms with van der Waals surface area (Å²) in [5, 5.41) is 0. The van der Waals surface area contributed by atoms with Crippen LogP contribution in [0.3, 0.4) is 0 Å². The molecule has 0 amide bonds. The van der Waals surface area contributed by atoms with Crippen LogP contribution in [-0.4, -0.2) is 30.6 Å². The van der Waals surface area contributed by atoms with Crippen molar-refractivity contribution in [3.05, 3.63) is 0 Å². The Kier molecular flexibility index (Phi) is 6.71. The fraction of sp³-hybridized carbons (Fsp3) is 0.833. The summed E-state index contributed by atoms with van der Waals surface area (Å²) in [5.41, 5.74) is 0. The monoisotopic (exact) mass is 200 g/mol. The minimum absolute atomic E-state index is 0.0542. The van der Waals surface area contributed by atoms with Gasteiger partial charge in [0.15, 0.2) is 0 Å². The lowest BCUT2D eigenvalue weighted by atomic mass is 10.4. The molecule has 66 valence electrons. The number of ether oxygens (including phenoxy) is 2. The molecule has 0 bridgehead atoms. The zero-order valence-corrected chi connectivity index (χ0v) is 7.69. The number of hydrogen-bond donors (Lipinski definition) is 0. The SMILES string of the molecule is CC(=O)OCC(CCl)OCCl. The molecule has 0 aliphatic heterocycles. The maximum absolute atomic E-state index is 10.3. The fourth-order valence-corrected chi connectivity index (χ4v) is 0.793. The first kappa shape index (κ1) is 11.0. The van der Waals surface area contributed by atoms with E-state index in [4.69, 9.17) is 27.9 Å². The van der Waals surface area contributed by atoms with Gasteiger partial charge in [-0.2, -0.15) is 0 Å². The molecule has 0 spiro atoms. The Balaban J connectivity index is 3.43. The molecule has 11 heavy (non-hydrogen) atoms. The number of rotatable bonds is 5. The van der Waals surface area contributed by atoms with Crippen LogP contribution in [0.1, 0.15) is 6.92 Å². The smallest absolute Gasteiger partial charge is 0.302 e. The van der Waals surface area contributed by atoms with Crippen molar-refractivity contribution < 1.29 is 14.3 Å². The molecule has 0 N–H and O–H groups in total. The summed E-state index contributed by atoms with van der Waals surface area (Å²) >= 11 is 10.7. The molecule has 0 rings (SSSR count). The quantitative estimate of drug-likeness (QED) is 0.497. The predicted molar refractivity (Wildman–Crippen MR) is 42.9 cm³/mol. The Labute approximate surface area is 75.6 Å². The molecule has 0 heterocycles. The Morgan fingerprint density at radius 1 is 1.55 bits per heavy atom. The molecule has 0 aromatic rings. The first-order valence-electron chi connectivity index (χ1n) is 3.07. The van der Waals surface area contributed by atoms with Gasteiger partial charge in [-0.05, 0) is 0 Å². The van der Waals surface area contributed by atoms with E-state index in [-0.39, 0.29) is 30.6 Å². The molecule has 1 atom stereocenters. The zero-order valence-electron chi connectivity index (χ0n) is 6.18. The lowest BCUT2D eigenvalue weighted by Gasteiger charge is -2.11. The van der Waals surface area contributed by atoms with Crippen LogP contribution in [0.15, 0.2) is 0 Å². The summed E-state index contributed by atoms with van der Waals surface area (Å²) in [6, 6.07) is 0.0542. The van der Waals surface area contributed by atoms with E-state index in [0.29, 0.717) is 0 Å². The molecule has 0 aromatic carbocycles. The topological polar surface area (TPSA) is 35.5 Å². The third-order valence-corrected chi connectivity index (χ3v) is 1.41. The molecule has 1 unspecified atom stereocenters. The van der Waals surface area contributed by atoms with Gasteiger partial charge >= 0.3 is 5.97 Å². The summed E-state index contributed by atoms with van der Waals surface area (Å²) in [6.07, 6.45) is -0.307. The van der Waals surface area contributed by atoms with Crippen LogP contribution >= 0.6 is 23.2 Å². The second-order valence-corrected chi connectivity index (χ2v) is 2.38. The Morgan fingerprint density at radius 3 is 2.55 bits per heavy atom. The number of hydrogen-bond acceptors (Lipinski definition) is 3. The number of esters is 1. The van der Waals surface area contributed by atoms with Crippen molar-refractivity contribution in [3.63, 3.8) is 0 Å². The summed E-state index contributed by atoms with van der Waals surface area (Å²) in [5.74, 6) is -0.0849. The van der Waals surface area contributed by atoms with Gasteiger partial charge in [0.05, 0.1) is 5.88 Å². The van der Waals surface area contributed by atoms with Crippen molar-refractivity contribution >= 4 is 29.2 Å². The average Bonchev–Trinajstić information content (AvgIpc) is 1.97. The maximum atomic E-state index is 10.3. The normalized spacial score (nSPS) is 12.6. The molecule has 0 radical (unpaired) electrons. The minimum atomic E-state index is -0.349. The van der Waals surface area contributed by atoms with Gasteiger partial charge in [0, 0.05) is 6.92 Å². The van der Waals surface area contributed by atoms with Crippen molar-refractivity contribution in [2.75, 3.05) is 18.6 Å². The van der Waals surface area contributed by atoms with E-state index in [1.54, 1.807) is 0 Å². The van der Waals surface area contributed by atoms with Crippen LogP contribution in [0.4, 0.5) is 0 Å². The van der Waals surface area contributed by atoms with Gasteiger partial charge in [-0.1, -0.05) is 11.6 Å². The fourth-order valence-electron chi connectivity index (χ4n) is 0.437. The van der Waals surface area contributed by atoms with Crippen LogP contribution in [-0.2, 0) is 14.3 Å². The zero-order chi connectivity index (χ0) is 8.69. The summed E-state index contributed by atoms with van der Waals surface area (Å²) < 4.78 is 9.54. The van der Waals surface area contributed by atoms with Crippen LogP contribution in [0, 0.1) is 0 Å². The Hall–Kier alpha value is 0.01000. The van der Waals surface area contributed by atoms with Gasteiger partial charge in [0.1, 0.15) is 18.8 Å². The average molecular weight is 201 g/mol. The van der Waals surface area contributed by atoms with E-state index < -0.39 is 0 Å². The molecule has 3 nitrogen and oxygen atoms in total. The van der Waals surface area contributed by atoms with Crippen molar-refractivity contribution in [1.29, 1.82) is 0 Å². The van der Waals surface area contributed by atoms with Crippen molar-refractivity contribution in [1.82, 2.24) is 0 Å². The highest BCUT2D eigenvalue weighted by molar-refractivity contribution is 6.18. The molecule has 0 aromatic heterocycles. The Bertz CT molecular complexity index is 118. The highest BCUT2D eigenvalue weighted by atomic mass is 35.5. The van der Waals surface area contributed by atoms with Crippen LogP contribution in [0.25, 0.3) is 0 Å². The molecule has 0 aliphatic carbocycles. The largest absolute Gasteiger partial charge is 0.463 e. The van der Waals surface area contributed by atoms with Crippen molar-refractivity contribution in [2.45, 2.75) is 13.0 Å². The lowest BCUT2D eigenvalue weighted by Crippen LogP contribution is -2.22. The first-order valence-corrected chi connectivity index (χ1v) is 4.14. The standard InChI is InChI=1S/C6H10Cl2O3/c1-5(9)10-3-6(2-7)11-4-8/h6H,2-4H2,1H3. The van der Waals surface area contributed by atoms with Gasteiger partial charge in [0.2, 0.25) is 0 Å². The number of alkyl halides is 2. The lowest BCUT2D eigenvalue weighted by molar-refractivity contribution is -0.144.